The summed E-state index contributed by atoms with van der Waals surface area (Å²) in [5.74, 6) is -0.526. The van der Waals surface area contributed by atoms with Crippen LogP contribution >= 0.6 is 0 Å². The minimum absolute atomic E-state index is 0.0736. The molecule has 0 fully saturated rings. The van der Waals surface area contributed by atoms with E-state index in [1.807, 2.05) is 0 Å². The zero-order chi connectivity index (χ0) is 12.4. The second-order valence-corrected chi connectivity index (χ2v) is 3.68. The highest BCUT2D eigenvalue weighted by Gasteiger charge is 2.24. The lowest BCUT2D eigenvalue weighted by Crippen LogP contribution is -2.08. The van der Waals surface area contributed by atoms with Gasteiger partial charge in [0.05, 0.1) is 22.8 Å². The summed E-state index contributed by atoms with van der Waals surface area (Å²) >= 11 is 0. The largest absolute Gasteiger partial charge is 0.462 e. The molecule has 0 saturated heterocycles. The molecule has 0 bridgehead atoms. The Kier molecular flexibility index (Phi) is 2.95. The zero-order valence-electron chi connectivity index (χ0n) is 9.36. The van der Waals surface area contributed by atoms with Gasteiger partial charge in [0.25, 0.3) is 5.69 Å². The maximum Gasteiger partial charge on any atom is 0.340 e. The molecular formula is C11H12N2O4. The minimum atomic E-state index is -0.526. The second-order valence-electron chi connectivity index (χ2n) is 3.68. The highest BCUT2D eigenvalue weighted by molar-refractivity contribution is 5.98. The molecule has 0 aliphatic carbocycles. The number of nitrogens with one attached hydrogen (secondary N) is 1. The fraction of sp³-hybridized carbons (Fsp3) is 0.364. The zero-order valence-corrected chi connectivity index (χ0v) is 9.36. The Hall–Kier alpha value is -2.11. The van der Waals surface area contributed by atoms with Gasteiger partial charge in [0.15, 0.2) is 0 Å². The SMILES string of the molecule is CCOC(=O)c1cc([N+](=O)[O-])cc2c1NCC2. The van der Waals surface area contributed by atoms with Gasteiger partial charge in [-0.1, -0.05) is 0 Å². The second kappa shape index (κ2) is 4.40. The Balaban J connectivity index is 2.49. The molecule has 2 rings (SSSR count). The molecule has 1 N–H and O–H groups in total. The van der Waals surface area contributed by atoms with E-state index < -0.39 is 10.9 Å². The van der Waals surface area contributed by atoms with Crippen molar-refractivity contribution in [1.29, 1.82) is 0 Å². The summed E-state index contributed by atoms with van der Waals surface area (Å²) in [6.45, 7) is 2.63. The third kappa shape index (κ3) is 2.06. The number of carbonyl (C=O) groups excluding carboxylic acids is 1. The minimum Gasteiger partial charge on any atom is -0.462 e. The van der Waals surface area contributed by atoms with E-state index in [9.17, 15) is 14.9 Å². The predicted octanol–water partition coefficient (Wildman–Crippen LogP) is 1.74. The molecule has 0 saturated carbocycles. The molecule has 0 radical (unpaired) electrons. The van der Waals surface area contributed by atoms with Gasteiger partial charge >= 0.3 is 5.97 Å². The summed E-state index contributed by atoms with van der Waals surface area (Å²) in [5.41, 5.74) is 1.63. The Labute approximate surface area is 97.7 Å². The monoisotopic (exact) mass is 236 g/mol. The highest BCUT2D eigenvalue weighted by atomic mass is 16.6. The molecular weight excluding hydrogens is 224 g/mol. The Morgan fingerprint density at radius 2 is 2.35 bits per heavy atom. The van der Waals surface area contributed by atoms with Crippen molar-refractivity contribution in [3.05, 3.63) is 33.4 Å². The van der Waals surface area contributed by atoms with Crippen molar-refractivity contribution in [2.75, 3.05) is 18.5 Å². The number of nitro groups is 1. The van der Waals surface area contributed by atoms with E-state index in [1.54, 1.807) is 6.92 Å². The fourth-order valence-electron chi connectivity index (χ4n) is 1.89. The molecule has 0 amide bonds. The van der Waals surface area contributed by atoms with Gasteiger partial charge in [-0.25, -0.2) is 4.79 Å². The topological polar surface area (TPSA) is 81.5 Å². The third-order valence-corrected chi connectivity index (χ3v) is 2.61. The number of non-ortho nitro benzene ring substituents is 1. The molecule has 0 spiro atoms. The first kappa shape index (κ1) is 11.4. The van der Waals surface area contributed by atoms with Gasteiger partial charge in [0.2, 0.25) is 0 Å². The van der Waals surface area contributed by atoms with Crippen LogP contribution in [0.3, 0.4) is 0 Å². The van der Waals surface area contributed by atoms with Crippen LogP contribution in [0.2, 0.25) is 0 Å². The molecule has 6 heteroatoms. The Morgan fingerprint density at radius 1 is 1.59 bits per heavy atom. The van der Waals surface area contributed by atoms with Gasteiger partial charge in [0, 0.05) is 18.7 Å². The van der Waals surface area contributed by atoms with E-state index in [2.05, 4.69) is 5.32 Å². The molecule has 17 heavy (non-hydrogen) atoms. The third-order valence-electron chi connectivity index (χ3n) is 2.61. The number of hydrogen-bond donors (Lipinski definition) is 1. The van der Waals surface area contributed by atoms with Crippen LogP contribution in [0.1, 0.15) is 22.8 Å². The molecule has 1 aromatic carbocycles. The van der Waals surface area contributed by atoms with E-state index in [0.717, 1.165) is 5.56 Å². The summed E-state index contributed by atoms with van der Waals surface area (Å²) in [6, 6.07) is 2.76. The lowest BCUT2D eigenvalue weighted by atomic mass is 10.1. The smallest absolute Gasteiger partial charge is 0.340 e. The molecule has 6 nitrogen and oxygen atoms in total. The van der Waals surface area contributed by atoms with Crippen LogP contribution in [-0.4, -0.2) is 24.0 Å². The van der Waals surface area contributed by atoms with Crippen LogP contribution in [0.5, 0.6) is 0 Å². The van der Waals surface area contributed by atoms with Gasteiger partial charge in [-0.2, -0.15) is 0 Å². The summed E-state index contributed by atoms with van der Waals surface area (Å²) in [5, 5.41) is 13.8. The van der Waals surface area contributed by atoms with E-state index in [-0.39, 0.29) is 17.9 Å². The number of benzene rings is 1. The summed E-state index contributed by atoms with van der Waals surface area (Å²) in [6.07, 6.45) is 0.684. The van der Waals surface area contributed by atoms with Crippen molar-refractivity contribution in [1.82, 2.24) is 0 Å². The van der Waals surface area contributed by atoms with E-state index >= 15 is 0 Å². The molecule has 1 aliphatic rings. The first-order valence-corrected chi connectivity index (χ1v) is 5.35. The number of anilines is 1. The number of rotatable bonds is 3. The molecule has 1 aromatic rings. The number of carbonyl (C=O) groups is 1. The average Bonchev–Trinajstić information content (AvgIpc) is 2.75. The summed E-state index contributed by atoms with van der Waals surface area (Å²) < 4.78 is 4.89. The van der Waals surface area contributed by atoms with E-state index in [0.29, 0.717) is 18.7 Å². The highest BCUT2D eigenvalue weighted by Crippen LogP contribution is 2.31. The average molecular weight is 236 g/mol. The van der Waals surface area contributed by atoms with Gasteiger partial charge in [-0.3, -0.25) is 10.1 Å². The lowest BCUT2D eigenvalue weighted by molar-refractivity contribution is -0.384. The fourth-order valence-corrected chi connectivity index (χ4v) is 1.89. The summed E-state index contributed by atoms with van der Waals surface area (Å²) in [7, 11) is 0. The van der Waals surface area contributed by atoms with Crippen molar-refractivity contribution in [2.24, 2.45) is 0 Å². The number of fused-ring (bicyclic) bond motifs is 1. The number of esters is 1. The molecule has 0 unspecified atom stereocenters. The normalized spacial score (nSPS) is 12.8. The van der Waals surface area contributed by atoms with Crippen LogP contribution in [-0.2, 0) is 11.2 Å². The molecule has 90 valence electrons. The van der Waals surface area contributed by atoms with Crippen molar-refractivity contribution < 1.29 is 14.5 Å². The molecule has 0 atom stereocenters. The van der Waals surface area contributed by atoms with Crippen molar-refractivity contribution in [3.8, 4) is 0 Å². The van der Waals surface area contributed by atoms with Gasteiger partial charge in [-0.05, 0) is 18.9 Å². The Bertz CT molecular complexity index is 485. The van der Waals surface area contributed by atoms with Gasteiger partial charge in [-0.15, -0.1) is 0 Å². The maximum atomic E-state index is 11.7. The maximum absolute atomic E-state index is 11.7. The molecule has 1 aliphatic heterocycles. The number of nitro benzene ring substituents is 1. The molecule has 1 heterocycles. The van der Waals surface area contributed by atoms with Crippen molar-refractivity contribution in [2.45, 2.75) is 13.3 Å². The van der Waals surface area contributed by atoms with Crippen LogP contribution in [0, 0.1) is 10.1 Å². The van der Waals surface area contributed by atoms with Crippen molar-refractivity contribution in [3.63, 3.8) is 0 Å². The Morgan fingerprint density at radius 3 is 3.00 bits per heavy atom. The number of nitrogens with zero attached hydrogens (tertiary/aromatic N) is 1. The number of ether oxygens (including phenoxy) is 1. The number of hydrogen-bond acceptors (Lipinski definition) is 5. The first-order valence-electron chi connectivity index (χ1n) is 5.35. The summed E-state index contributed by atoms with van der Waals surface area (Å²) in [4.78, 5) is 22.0. The van der Waals surface area contributed by atoms with Crippen LogP contribution in [0.4, 0.5) is 11.4 Å². The van der Waals surface area contributed by atoms with E-state index in [4.69, 9.17) is 4.74 Å². The standard InChI is InChI=1S/C11H12N2O4/c1-2-17-11(14)9-6-8(13(15)16)5-7-3-4-12-10(7)9/h5-6,12H,2-4H2,1H3. The van der Waals surface area contributed by atoms with Gasteiger partial charge in [0.1, 0.15) is 0 Å². The quantitative estimate of drug-likeness (QED) is 0.491. The van der Waals surface area contributed by atoms with Crippen LogP contribution in [0.25, 0.3) is 0 Å². The van der Waals surface area contributed by atoms with Gasteiger partial charge < -0.3 is 10.1 Å². The van der Waals surface area contributed by atoms with Crippen LogP contribution < -0.4 is 5.32 Å². The lowest BCUT2D eigenvalue weighted by Gasteiger charge is -2.08. The van der Waals surface area contributed by atoms with Crippen LogP contribution in [0.15, 0.2) is 12.1 Å². The van der Waals surface area contributed by atoms with E-state index in [1.165, 1.54) is 12.1 Å². The first-order chi connectivity index (χ1) is 8.13. The van der Waals surface area contributed by atoms with Crippen molar-refractivity contribution >= 4 is 17.3 Å². The predicted molar refractivity (Wildman–Crippen MR) is 61.2 cm³/mol. The molecule has 0 aromatic heterocycles.